The number of phenols is 1. The van der Waals surface area contributed by atoms with E-state index in [9.17, 15) is 14.7 Å². The fourth-order valence-electron chi connectivity index (χ4n) is 9.93. The van der Waals surface area contributed by atoms with E-state index in [1.54, 1.807) is 72.8 Å². The molecule has 5 aromatic rings. The maximum atomic E-state index is 15.6. The molecule has 320 valence electrons. The van der Waals surface area contributed by atoms with Crippen LogP contribution in [-0.4, -0.2) is 62.1 Å². The van der Waals surface area contributed by atoms with E-state index in [1.807, 2.05) is 49.3 Å². The van der Waals surface area contributed by atoms with Crippen LogP contribution in [0.25, 0.3) is 0 Å². The van der Waals surface area contributed by atoms with Gasteiger partial charge in [0.15, 0.2) is 0 Å². The van der Waals surface area contributed by atoms with E-state index in [1.165, 1.54) is 31.3 Å². The minimum Gasteiger partial charge on any atom is -0.508 e. The van der Waals surface area contributed by atoms with Crippen LogP contribution in [-0.2, 0) is 24.6 Å². The first-order valence-corrected chi connectivity index (χ1v) is 21.1. The van der Waals surface area contributed by atoms with E-state index < -0.39 is 52.7 Å². The van der Waals surface area contributed by atoms with Gasteiger partial charge in [-0.2, -0.15) is 15.2 Å². The summed E-state index contributed by atoms with van der Waals surface area (Å²) in [5, 5.41) is 22.0. The van der Waals surface area contributed by atoms with Crippen molar-refractivity contribution in [1.29, 1.82) is 0 Å². The molecule has 1 saturated carbocycles. The quantitative estimate of drug-likeness (QED) is 0.0794. The van der Waals surface area contributed by atoms with Gasteiger partial charge in [-0.25, -0.2) is 0 Å². The molecule has 2 N–H and O–H groups in total. The van der Waals surface area contributed by atoms with Crippen LogP contribution >= 0.6 is 23.2 Å². The van der Waals surface area contributed by atoms with Crippen molar-refractivity contribution in [2.75, 3.05) is 43.5 Å². The number of nitrogens with one attached hydrogen (secondary N) is 1. The molecule has 6 atom stereocenters. The standard InChI is InChI=1S/C48H42Cl2N6O7/c1-54(2)30-12-8-28(9-13-30)51-52-29-10-14-31(15-11-29)55-44(58)35-20-19-34-36(42(35)46(55)60)25-38-45(59)56(53-40-21-7-27(49)23-39(40)50)47(61)48(38,26-5-16-32(62-3)17-6-26)43(34)37-24-33(63-4)18-22-41(37)57/h5-19,21-24,35-36,38,42-43,53,57H,20,25H2,1-4H3/t35-,36+,38-,42-,43+,48+/m0/s1. The Bertz CT molecular complexity index is 2730. The average Bonchev–Trinajstić information content (AvgIpc) is 3.67. The number of fused-ring (bicyclic) bond motifs is 4. The molecule has 2 heterocycles. The Morgan fingerprint density at radius 1 is 0.762 bits per heavy atom. The topological polar surface area (TPSA) is 153 Å². The number of allylic oxidation sites excluding steroid dienone is 2. The van der Waals surface area contributed by atoms with E-state index >= 15 is 9.59 Å². The van der Waals surface area contributed by atoms with E-state index in [-0.39, 0.29) is 35.2 Å². The van der Waals surface area contributed by atoms with Gasteiger partial charge in [0.2, 0.25) is 11.8 Å². The van der Waals surface area contributed by atoms with Crippen molar-refractivity contribution >= 4 is 75.3 Å². The SMILES string of the molecule is COc1ccc([C@@]23C(=O)N(Nc4ccc(Cl)cc4Cl)C(=O)[C@@H]2C[C@@H]2C(=CC[C@@H]4C(=O)N(c5ccc(N=Nc6ccc(N(C)C)cc6)cc5)C(=O)[C@@H]42)[C@@H]3c2cc(OC)ccc2O)cc1. The summed E-state index contributed by atoms with van der Waals surface area (Å²) in [4.78, 5) is 63.1. The number of benzene rings is 5. The van der Waals surface area contributed by atoms with Gasteiger partial charge in [0, 0.05) is 36.3 Å². The van der Waals surface area contributed by atoms with Crippen LogP contribution in [0.1, 0.15) is 29.9 Å². The summed E-state index contributed by atoms with van der Waals surface area (Å²) in [5.41, 5.74) is 5.67. The smallest absolute Gasteiger partial charge is 0.260 e. The maximum Gasteiger partial charge on any atom is 0.260 e. The lowest BCUT2D eigenvalue weighted by molar-refractivity contribution is -0.138. The highest BCUT2D eigenvalue weighted by Gasteiger charge is 2.70. The number of azo groups is 1. The largest absolute Gasteiger partial charge is 0.508 e. The number of hydrogen-bond donors (Lipinski definition) is 2. The van der Waals surface area contributed by atoms with Crippen molar-refractivity contribution in [2.24, 2.45) is 33.9 Å². The Labute approximate surface area is 373 Å². The summed E-state index contributed by atoms with van der Waals surface area (Å²) in [7, 11) is 6.94. The Kier molecular flexibility index (Phi) is 10.7. The van der Waals surface area contributed by atoms with Crippen molar-refractivity contribution in [3.63, 3.8) is 0 Å². The fourth-order valence-corrected chi connectivity index (χ4v) is 10.4. The zero-order valence-electron chi connectivity index (χ0n) is 34.7. The lowest BCUT2D eigenvalue weighted by atomic mass is 9.49. The molecule has 0 aromatic heterocycles. The Morgan fingerprint density at radius 3 is 2.05 bits per heavy atom. The Balaban J connectivity index is 1.13. The number of methoxy groups -OCH3 is 2. The number of carbonyl (C=O) groups excluding carboxylic acids is 4. The van der Waals surface area contributed by atoms with Crippen molar-refractivity contribution in [1.82, 2.24) is 5.01 Å². The molecular formula is C48H42Cl2N6O7. The fraction of sp³-hybridized carbons (Fsp3) is 0.250. The second kappa shape index (κ2) is 16.2. The third-order valence-corrected chi connectivity index (χ3v) is 13.4. The Hall–Kier alpha value is -6.70. The summed E-state index contributed by atoms with van der Waals surface area (Å²) in [5.74, 6) is -5.53. The molecular weight excluding hydrogens is 843 g/mol. The molecule has 5 aromatic carbocycles. The molecule has 63 heavy (non-hydrogen) atoms. The van der Waals surface area contributed by atoms with Crippen LogP contribution in [0.4, 0.5) is 28.4 Å². The van der Waals surface area contributed by atoms with Gasteiger partial charge in [-0.1, -0.05) is 47.0 Å². The highest BCUT2D eigenvalue weighted by Crippen LogP contribution is 2.65. The number of anilines is 3. The number of rotatable bonds is 10. The molecule has 4 amide bonds. The number of ether oxygens (including phenoxy) is 2. The van der Waals surface area contributed by atoms with Crippen LogP contribution in [0.5, 0.6) is 17.2 Å². The normalized spacial score (nSPS) is 24.0. The number of amides is 4. The van der Waals surface area contributed by atoms with Crippen LogP contribution in [0.3, 0.4) is 0 Å². The second-order valence-electron chi connectivity index (χ2n) is 16.3. The van der Waals surface area contributed by atoms with Gasteiger partial charge < -0.3 is 19.5 Å². The third-order valence-electron chi connectivity index (χ3n) is 12.9. The molecule has 3 fully saturated rings. The summed E-state index contributed by atoms with van der Waals surface area (Å²) in [6.45, 7) is 0. The molecule has 9 rings (SSSR count). The molecule has 2 aliphatic heterocycles. The lowest BCUT2D eigenvalue weighted by Crippen LogP contribution is -2.53. The van der Waals surface area contributed by atoms with Crippen molar-refractivity contribution < 1.29 is 33.8 Å². The van der Waals surface area contributed by atoms with Crippen LogP contribution in [0, 0.1) is 23.7 Å². The van der Waals surface area contributed by atoms with E-state index in [2.05, 4.69) is 15.7 Å². The van der Waals surface area contributed by atoms with Crippen LogP contribution < -0.4 is 24.7 Å². The molecule has 0 radical (unpaired) electrons. The molecule has 0 unspecified atom stereocenters. The first kappa shape index (κ1) is 41.6. The van der Waals surface area contributed by atoms with Gasteiger partial charge in [0.1, 0.15) is 17.2 Å². The number of hydrogen-bond acceptors (Lipinski definition) is 11. The number of carbonyl (C=O) groups is 4. The molecule has 0 spiro atoms. The molecule has 2 aliphatic carbocycles. The van der Waals surface area contributed by atoms with E-state index in [0.29, 0.717) is 50.3 Å². The summed E-state index contributed by atoms with van der Waals surface area (Å²) < 4.78 is 11.1. The molecule has 0 bridgehead atoms. The molecule has 2 saturated heterocycles. The first-order chi connectivity index (χ1) is 30.3. The average molecular weight is 886 g/mol. The van der Waals surface area contributed by atoms with E-state index in [0.717, 1.165) is 10.7 Å². The monoisotopic (exact) mass is 884 g/mol. The number of phenolic OH excluding ortho intramolecular Hbond substituents is 1. The first-order valence-electron chi connectivity index (χ1n) is 20.3. The zero-order valence-corrected chi connectivity index (χ0v) is 36.2. The number of imide groups is 2. The summed E-state index contributed by atoms with van der Waals surface area (Å²) in [6, 6.07) is 30.7. The van der Waals surface area contributed by atoms with E-state index in [4.69, 9.17) is 32.7 Å². The Morgan fingerprint density at radius 2 is 1.41 bits per heavy atom. The molecule has 4 aliphatic rings. The second-order valence-corrected chi connectivity index (χ2v) is 17.1. The molecule has 15 heteroatoms. The van der Waals surface area contributed by atoms with Crippen LogP contribution in [0.2, 0.25) is 10.0 Å². The molecule has 13 nitrogen and oxygen atoms in total. The highest BCUT2D eigenvalue weighted by molar-refractivity contribution is 6.36. The van der Waals surface area contributed by atoms with Gasteiger partial charge in [-0.15, -0.1) is 0 Å². The number of halogens is 2. The van der Waals surface area contributed by atoms with Crippen LogP contribution in [0.15, 0.2) is 131 Å². The zero-order chi connectivity index (χ0) is 44.3. The van der Waals surface area contributed by atoms with Gasteiger partial charge in [0.05, 0.1) is 65.2 Å². The van der Waals surface area contributed by atoms with Gasteiger partial charge >= 0.3 is 0 Å². The predicted octanol–water partition coefficient (Wildman–Crippen LogP) is 9.39. The van der Waals surface area contributed by atoms with Crippen molar-refractivity contribution in [2.45, 2.75) is 24.2 Å². The summed E-state index contributed by atoms with van der Waals surface area (Å²) in [6.07, 6.45) is 2.15. The lowest BCUT2D eigenvalue weighted by Gasteiger charge is -2.50. The van der Waals surface area contributed by atoms with Crippen molar-refractivity contribution in [3.05, 3.63) is 142 Å². The number of nitrogens with zero attached hydrogens (tertiary/aromatic N) is 5. The van der Waals surface area contributed by atoms with Gasteiger partial charge in [0.25, 0.3) is 11.8 Å². The highest BCUT2D eigenvalue weighted by atomic mass is 35.5. The number of aromatic hydroxyl groups is 1. The number of hydrazine groups is 1. The minimum atomic E-state index is -1.67. The predicted molar refractivity (Wildman–Crippen MR) is 239 cm³/mol. The van der Waals surface area contributed by atoms with Gasteiger partial charge in [-0.3, -0.25) is 29.5 Å². The van der Waals surface area contributed by atoms with Gasteiger partial charge in [-0.05, 0) is 121 Å². The van der Waals surface area contributed by atoms with Crippen molar-refractivity contribution in [3.8, 4) is 17.2 Å². The minimum absolute atomic E-state index is 0.0407. The maximum absolute atomic E-state index is 15.6. The summed E-state index contributed by atoms with van der Waals surface area (Å²) >= 11 is 12.8. The third kappa shape index (κ3) is 6.86.